The average Bonchev–Trinajstić information content (AvgIpc) is 3.14. The van der Waals surface area contributed by atoms with Gasteiger partial charge in [0, 0.05) is 29.9 Å². The summed E-state index contributed by atoms with van der Waals surface area (Å²) in [7, 11) is 0. The molecule has 1 saturated heterocycles. The van der Waals surface area contributed by atoms with Crippen molar-refractivity contribution < 1.29 is 23.9 Å². The molecule has 1 N–H and O–H groups in total. The number of benzene rings is 2. The van der Waals surface area contributed by atoms with Crippen molar-refractivity contribution in [1.82, 2.24) is 0 Å². The van der Waals surface area contributed by atoms with Crippen molar-refractivity contribution in [1.29, 1.82) is 0 Å². The van der Waals surface area contributed by atoms with Gasteiger partial charge in [-0.1, -0.05) is 0 Å². The highest BCUT2D eigenvalue weighted by Gasteiger charge is 2.23. The topological polar surface area (TPSA) is 92.8 Å². The molecule has 0 aromatic heterocycles. The van der Waals surface area contributed by atoms with E-state index in [1.165, 1.54) is 13.8 Å². The number of hydrogen-bond acceptors (Lipinski definition) is 5. The van der Waals surface area contributed by atoms with Gasteiger partial charge in [0.05, 0.1) is 5.56 Å². The maximum absolute atomic E-state index is 12.3. The second kappa shape index (κ2) is 8.68. The van der Waals surface area contributed by atoms with Gasteiger partial charge in [0.25, 0.3) is 5.91 Å². The Labute approximate surface area is 168 Å². The van der Waals surface area contributed by atoms with Crippen LogP contribution in [0.15, 0.2) is 48.5 Å². The summed E-state index contributed by atoms with van der Waals surface area (Å²) in [5.41, 5.74) is 2.08. The molecular formula is C22H22N2O5. The first kappa shape index (κ1) is 20.3. The predicted molar refractivity (Wildman–Crippen MR) is 108 cm³/mol. The molecule has 0 saturated carbocycles. The number of Topliss-reactive ketones (excluding diaryl/α,β-unsaturated/α-hetero) is 1. The standard InChI is InChI=1S/C22H22N2O5/c1-14(25)16-5-9-18(10-6-16)23-21(27)15(2)29-22(28)17-7-11-19(12-8-17)24-13-3-4-20(24)26/h5-12,15H,3-4,13H2,1-2H3,(H,23,27). The van der Waals surface area contributed by atoms with E-state index >= 15 is 0 Å². The van der Waals surface area contributed by atoms with Crippen molar-refractivity contribution in [2.45, 2.75) is 32.8 Å². The second-order valence-corrected chi connectivity index (χ2v) is 6.87. The fourth-order valence-corrected chi connectivity index (χ4v) is 3.01. The smallest absolute Gasteiger partial charge is 0.338 e. The van der Waals surface area contributed by atoms with Crippen LogP contribution in [0.3, 0.4) is 0 Å². The summed E-state index contributed by atoms with van der Waals surface area (Å²) in [6.45, 7) is 3.62. The number of nitrogens with one attached hydrogen (secondary N) is 1. The molecule has 1 aliphatic heterocycles. The van der Waals surface area contributed by atoms with Crippen LogP contribution < -0.4 is 10.2 Å². The lowest BCUT2D eigenvalue weighted by Gasteiger charge is -2.16. The first-order chi connectivity index (χ1) is 13.8. The van der Waals surface area contributed by atoms with Gasteiger partial charge in [0.2, 0.25) is 5.91 Å². The Bertz CT molecular complexity index is 935. The largest absolute Gasteiger partial charge is 0.449 e. The molecule has 7 heteroatoms. The van der Waals surface area contributed by atoms with Crippen LogP contribution in [0.4, 0.5) is 11.4 Å². The molecule has 1 unspecified atom stereocenters. The monoisotopic (exact) mass is 394 g/mol. The Morgan fingerprint density at radius 1 is 1.00 bits per heavy atom. The number of hydrogen-bond donors (Lipinski definition) is 1. The van der Waals surface area contributed by atoms with Gasteiger partial charge in [-0.25, -0.2) is 4.79 Å². The van der Waals surface area contributed by atoms with Crippen LogP contribution in [0.25, 0.3) is 0 Å². The summed E-state index contributed by atoms with van der Waals surface area (Å²) in [5, 5.41) is 2.64. The fraction of sp³-hybridized carbons (Fsp3) is 0.273. The Morgan fingerprint density at radius 2 is 1.62 bits per heavy atom. The summed E-state index contributed by atoms with van der Waals surface area (Å²) in [6.07, 6.45) is 0.357. The third-order valence-electron chi connectivity index (χ3n) is 4.70. The zero-order valence-corrected chi connectivity index (χ0v) is 16.3. The van der Waals surface area contributed by atoms with E-state index in [1.54, 1.807) is 53.4 Å². The molecule has 2 amide bonds. The number of carbonyl (C=O) groups excluding carboxylic acids is 4. The Morgan fingerprint density at radius 3 is 2.17 bits per heavy atom. The van der Waals surface area contributed by atoms with Crippen LogP contribution in [-0.4, -0.2) is 36.2 Å². The summed E-state index contributed by atoms with van der Waals surface area (Å²) in [5.74, 6) is -1.10. The Hall–Kier alpha value is -3.48. The maximum Gasteiger partial charge on any atom is 0.338 e. The average molecular weight is 394 g/mol. The summed E-state index contributed by atoms with van der Waals surface area (Å²) >= 11 is 0. The van der Waals surface area contributed by atoms with Gasteiger partial charge in [-0.05, 0) is 68.8 Å². The van der Waals surface area contributed by atoms with Crippen LogP contribution in [0.1, 0.15) is 47.4 Å². The van der Waals surface area contributed by atoms with Crippen LogP contribution in [-0.2, 0) is 14.3 Å². The summed E-state index contributed by atoms with van der Waals surface area (Å²) < 4.78 is 5.23. The third kappa shape index (κ3) is 4.87. The molecular weight excluding hydrogens is 372 g/mol. The number of rotatable bonds is 6. The minimum atomic E-state index is -1.00. The molecule has 7 nitrogen and oxygen atoms in total. The predicted octanol–water partition coefficient (Wildman–Crippen LogP) is 3.20. The van der Waals surface area contributed by atoms with Gasteiger partial charge in [-0.15, -0.1) is 0 Å². The van der Waals surface area contributed by atoms with E-state index in [0.29, 0.717) is 29.8 Å². The van der Waals surface area contributed by atoms with Crippen LogP contribution in [0.5, 0.6) is 0 Å². The van der Waals surface area contributed by atoms with Crippen molar-refractivity contribution in [3.8, 4) is 0 Å². The minimum Gasteiger partial charge on any atom is -0.449 e. The molecule has 0 aliphatic carbocycles. The summed E-state index contributed by atoms with van der Waals surface area (Å²) in [4.78, 5) is 49.3. The minimum absolute atomic E-state index is 0.0645. The first-order valence-electron chi connectivity index (χ1n) is 9.38. The van der Waals surface area contributed by atoms with Crippen molar-refractivity contribution >= 4 is 34.9 Å². The summed E-state index contributed by atoms with van der Waals surface area (Å²) in [6, 6.07) is 13.0. The quantitative estimate of drug-likeness (QED) is 0.600. The number of anilines is 2. The van der Waals surface area contributed by atoms with E-state index in [0.717, 1.165) is 12.1 Å². The van der Waals surface area contributed by atoms with Crippen molar-refractivity contribution in [3.05, 3.63) is 59.7 Å². The first-order valence-corrected chi connectivity index (χ1v) is 9.38. The third-order valence-corrected chi connectivity index (χ3v) is 4.70. The van der Waals surface area contributed by atoms with Gasteiger partial charge >= 0.3 is 5.97 Å². The SMILES string of the molecule is CC(=O)c1ccc(NC(=O)C(C)OC(=O)c2ccc(N3CCCC3=O)cc2)cc1. The lowest BCUT2D eigenvalue weighted by Crippen LogP contribution is -2.30. The van der Waals surface area contributed by atoms with E-state index in [2.05, 4.69) is 5.32 Å². The molecule has 2 aromatic rings. The molecule has 2 aromatic carbocycles. The highest BCUT2D eigenvalue weighted by molar-refractivity contribution is 5.99. The number of nitrogens with zero attached hydrogens (tertiary/aromatic N) is 1. The second-order valence-electron chi connectivity index (χ2n) is 6.87. The highest BCUT2D eigenvalue weighted by Crippen LogP contribution is 2.22. The molecule has 150 valence electrons. The van der Waals surface area contributed by atoms with Gasteiger partial charge < -0.3 is 15.0 Å². The molecule has 1 heterocycles. The van der Waals surface area contributed by atoms with Crippen molar-refractivity contribution in [2.24, 2.45) is 0 Å². The van der Waals surface area contributed by atoms with E-state index in [9.17, 15) is 19.2 Å². The molecule has 3 rings (SSSR count). The van der Waals surface area contributed by atoms with Gasteiger partial charge in [0.1, 0.15) is 0 Å². The van der Waals surface area contributed by atoms with Crippen LogP contribution in [0.2, 0.25) is 0 Å². The molecule has 29 heavy (non-hydrogen) atoms. The number of ether oxygens (including phenoxy) is 1. The number of ketones is 1. The van der Waals surface area contributed by atoms with Crippen LogP contribution >= 0.6 is 0 Å². The molecule has 0 radical (unpaired) electrons. The Balaban J connectivity index is 1.57. The van der Waals surface area contributed by atoms with Crippen LogP contribution in [0, 0.1) is 0 Å². The van der Waals surface area contributed by atoms with E-state index in [1.807, 2.05) is 0 Å². The molecule has 1 atom stereocenters. The normalized spacial score (nSPS) is 14.4. The fourth-order valence-electron chi connectivity index (χ4n) is 3.01. The van der Waals surface area contributed by atoms with Gasteiger partial charge in [0.15, 0.2) is 11.9 Å². The molecule has 0 bridgehead atoms. The van der Waals surface area contributed by atoms with E-state index in [4.69, 9.17) is 4.74 Å². The van der Waals surface area contributed by atoms with Crippen molar-refractivity contribution in [3.63, 3.8) is 0 Å². The zero-order valence-electron chi connectivity index (χ0n) is 16.3. The van der Waals surface area contributed by atoms with Crippen molar-refractivity contribution in [2.75, 3.05) is 16.8 Å². The van der Waals surface area contributed by atoms with E-state index < -0.39 is 18.0 Å². The lowest BCUT2D eigenvalue weighted by atomic mass is 10.1. The van der Waals surface area contributed by atoms with Gasteiger partial charge in [-0.2, -0.15) is 0 Å². The number of amides is 2. The molecule has 1 fully saturated rings. The Kier molecular flexibility index (Phi) is 6.07. The molecule has 1 aliphatic rings. The van der Waals surface area contributed by atoms with E-state index in [-0.39, 0.29) is 11.7 Å². The van der Waals surface area contributed by atoms with Gasteiger partial charge in [-0.3, -0.25) is 14.4 Å². The lowest BCUT2D eigenvalue weighted by molar-refractivity contribution is -0.123. The zero-order chi connectivity index (χ0) is 21.0. The number of carbonyl (C=O) groups is 4. The number of esters is 1. The molecule has 0 spiro atoms. The maximum atomic E-state index is 12.3. The highest BCUT2D eigenvalue weighted by atomic mass is 16.5.